The number of pyridine rings is 1. The summed E-state index contributed by atoms with van der Waals surface area (Å²) in [6, 6.07) is 3.84. The number of aromatic nitrogens is 1. The summed E-state index contributed by atoms with van der Waals surface area (Å²) in [5.74, 6) is 1.52. The Morgan fingerprint density at radius 3 is 3.15 bits per heavy atom. The number of hydrogen-bond acceptors (Lipinski definition) is 3. The van der Waals surface area contributed by atoms with Crippen LogP contribution in [0.15, 0.2) is 24.4 Å². The van der Waals surface area contributed by atoms with Gasteiger partial charge in [-0.25, -0.2) is 4.98 Å². The predicted molar refractivity (Wildman–Crippen MR) is 58.3 cm³/mol. The maximum atomic E-state index is 5.00. The molecule has 0 aromatic carbocycles. The van der Waals surface area contributed by atoms with Gasteiger partial charge in [0.05, 0.1) is 7.11 Å². The zero-order valence-corrected chi connectivity index (χ0v) is 8.50. The average molecular weight is 195 g/mol. The molecule has 0 amide bonds. The third-order valence-electron chi connectivity index (χ3n) is 1.57. The smallest absolute Gasteiger partial charge is 0.213 e. The van der Waals surface area contributed by atoms with E-state index in [0.717, 1.165) is 17.7 Å². The first kappa shape index (κ1) is 10.1. The highest BCUT2D eigenvalue weighted by Crippen LogP contribution is 2.10. The van der Waals surface area contributed by atoms with Crippen molar-refractivity contribution in [1.82, 2.24) is 4.98 Å². The minimum atomic E-state index is 0.646. The van der Waals surface area contributed by atoms with E-state index in [1.54, 1.807) is 13.3 Å². The number of hydrogen-bond donors (Lipinski definition) is 1. The van der Waals surface area contributed by atoms with Crippen LogP contribution in [0.3, 0.4) is 0 Å². The van der Waals surface area contributed by atoms with Crippen LogP contribution in [0.1, 0.15) is 12.0 Å². The summed E-state index contributed by atoms with van der Waals surface area (Å²) in [6.07, 6.45) is 6.84. The lowest BCUT2D eigenvalue weighted by molar-refractivity contribution is 0.398. The van der Waals surface area contributed by atoms with E-state index < -0.39 is 0 Å². The highest BCUT2D eigenvalue weighted by Gasteiger charge is 1.91. The molecule has 0 aliphatic rings. The monoisotopic (exact) mass is 195 g/mol. The van der Waals surface area contributed by atoms with Crippen molar-refractivity contribution in [3.05, 3.63) is 30.0 Å². The van der Waals surface area contributed by atoms with Gasteiger partial charge in [-0.05, 0) is 23.8 Å². The van der Waals surface area contributed by atoms with E-state index in [1.165, 1.54) is 0 Å². The van der Waals surface area contributed by atoms with Gasteiger partial charge in [-0.3, -0.25) is 0 Å². The van der Waals surface area contributed by atoms with Gasteiger partial charge in [0.25, 0.3) is 0 Å². The Balaban J connectivity index is 2.66. The number of thiol groups is 1. The van der Waals surface area contributed by atoms with Crippen LogP contribution in [0.5, 0.6) is 5.88 Å². The first-order valence-corrected chi connectivity index (χ1v) is 4.77. The van der Waals surface area contributed by atoms with Gasteiger partial charge in [0.2, 0.25) is 5.88 Å². The summed E-state index contributed by atoms with van der Waals surface area (Å²) in [5.41, 5.74) is 1.11. The fourth-order valence-electron chi connectivity index (χ4n) is 0.934. The van der Waals surface area contributed by atoms with E-state index in [1.807, 2.05) is 18.2 Å². The van der Waals surface area contributed by atoms with Crippen molar-refractivity contribution in [1.29, 1.82) is 0 Å². The Morgan fingerprint density at radius 1 is 1.62 bits per heavy atom. The third-order valence-corrected chi connectivity index (χ3v) is 1.83. The van der Waals surface area contributed by atoms with Crippen LogP contribution in [0.2, 0.25) is 0 Å². The molecule has 1 aromatic rings. The first-order chi connectivity index (χ1) is 6.36. The van der Waals surface area contributed by atoms with Crippen LogP contribution in [-0.4, -0.2) is 17.8 Å². The maximum Gasteiger partial charge on any atom is 0.213 e. The molecule has 0 aliphatic carbocycles. The molecule has 0 saturated heterocycles. The van der Waals surface area contributed by atoms with E-state index in [2.05, 4.69) is 23.7 Å². The van der Waals surface area contributed by atoms with Crippen LogP contribution in [0.4, 0.5) is 0 Å². The van der Waals surface area contributed by atoms with Gasteiger partial charge < -0.3 is 4.74 Å². The van der Waals surface area contributed by atoms with Crippen LogP contribution < -0.4 is 4.74 Å². The lowest BCUT2D eigenvalue weighted by atomic mass is 10.2. The topological polar surface area (TPSA) is 22.1 Å². The van der Waals surface area contributed by atoms with Gasteiger partial charge in [-0.2, -0.15) is 12.6 Å². The summed E-state index contributed by atoms with van der Waals surface area (Å²) in [6.45, 7) is 0. The van der Waals surface area contributed by atoms with Crippen LogP contribution in [0.25, 0.3) is 6.08 Å². The molecule has 13 heavy (non-hydrogen) atoms. The average Bonchev–Trinajstić information content (AvgIpc) is 2.19. The first-order valence-electron chi connectivity index (χ1n) is 4.14. The van der Waals surface area contributed by atoms with E-state index >= 15 is 0 Å². The molecule has 1 aromatic heterocycles. The molecule has 0 spiro atoms. The molecule has 0 bridgehead atoms. The van der Waals surface area contributed by atoms with Crippen molar-refractivity contribution in [2.45, 2.75) is 6.42 Å². The van der Waals surface area contributed by atoms with Crippen LogP contribution in [-0.2, 0) is 0 Å². The van der Waals surface area contributed by atoms with Gasteiger partial charge in [0.1, 0.15) is 0 Å². The Bertz CT molecular complexity index is 286. The highest BCUT2D eigenvalue weighted by atomic mass is 32.1. The Kier molecular flexibility index (Phi) is 4.40. The highest BCUT2D eigenvalue weighted by molar-refractivity contribution is 7.80. The SMILES string of the molecule is COc1cc(C=CCCS)ccn1. The molecule has 70 valence electrons. The summed E-state index contributed by atoms with van der Waals surface area (Å²) in [5, 5.41) is 0. The van der Waals surface area contributed by atoms with Gasteiger partial charge in [0.15, 0.2) is 0 Å². The molecule has 0 radical (unpaired) electrons. The molecule has 0 unspecified atom stereocenters. The summed E-state index contributed by atoms with van der Waals surface area (Å²) in [7, 11) is 1.61. The molecular weight excluding hydrogens is 182 g/mol. The molecule has 0 fully saturated rings. The van der Waals surface area contributed by atoms with E-state index in [0.29, 0.717) is 5.88 Å². The second-order valence-electron chi connectivity index (χ2n) is 2.55. The molecule has 0 aliphatic heterocycles. The van der Waals surface area contributed by atoms with Gasteiger partial charge in [-0.15, -0.1) is 0 Å². The molecule has 0 N–H and O–H groups in total. The molecule has 1 rings (SSSR count). The second-order valence-corrected chi connectivity index (χ2v) is 2.99. The summed E-state index contributed by atoms with van der Waals surface area (Å²) < 4.78 is 5.00. The predicted octanol–water partition coefficient (Wildman–Crippen LogP) is 2.42. The van der Waals surface area contributed by atoms with Crippen molar-refractivity contribution in [2.75, 3.05) is 12.9 Å². The number of allylic oxidation sites excluding steroid dienone is 1. The number of methoxy groups -OCH3 is 1. The van der Waals surface area contributed by atoms with Crippen molar-refractivity contribution in [3.8, 4) is 5.88 Å². The minimum Gasteiger partial charge on any atom is -0.481 e. The molecule has 2 nitrogen and oxygen atoms in total. The zero-order valence-electron chi connectivity index (χ0n) is 7.60. The molecule has 0 saturated carbocycles. The minimum absolute atomic E-state index is 0.646. The van der Waals surface area contributed by atoms with Gasteiger partial charge in [0, 0.05) is 12.3 Å². The lowest BCUT2D eigenvalue weighted by Gasteiger charge is -1.98. The molecule has 1 heterocycles. The van der Waals surface area contributed by atoms with E-state index in [4.69, 9.17) is 4.74 Å². The maximum absolute atomic E-state index is 5.00. The Hall–Kier alpha value is -0.960. The Morgan fingerprint density at radius 2 is 2.46 bits per heavy atom. The number of rotatable bonds is 4. The van der Waals surface area contributed by atoms with Crippen LogP contribution >= 0.6 is 12.6 Å². The molecular formula is C10H13NOS. The van der Waals surface area contributed by atoms with Crippen LogP contribution in [0, 0.1) is 0 Å². The quantitative estimate of drug-likeness (QED) is 0.745. The van der Waals surface area contributed by atoms with Crippen molar-refractivity contribution >= 4 is 18.7 Å². The van der Waals surface area contributed by atoms with E-state index in [-0.39, 0.29) is 0 Å². The lowest BCUT2D eigenvalue weighted by Crippen LogP contribution is -1.86. The summed E-state index contributed by atoms with van der Waals surface area (Å²) >= 11 is 4.12. The standard InChI is InChI=1S/C10H13NOS/c1-12-10-8-9(5-6-11-10)4-2-3-7-13/h2,4-6,8,13H,3,7H2,1H3. The van der Waals surface area contributed by atoms with Crippen molar-refractivity contribution < 1.29 is 4.74 Å². The number of nitrogens with zero attached hydrogens (tertiary/aromatic N) is 1. The van der Waals surface area contributed by atoms with Crippen molar-refractivity contribution in [3.63, 3.8) is 0 Å². The second kappa shape index (κ2) is 5.65. The molecule has 0 atom stereocenters. The normalized spacial score (nSPS) is 10.6. The fourth-order valence-corrected chi connectivity index (χ4v) is 1.08. The largest absolute Gasteiger partial charge is 0.481 e. The van der Waals surface area contributed by atoms with Gasteiger partial charge in [-0.1, -0.05) is 12.2 Å². The zero-order chi connectivity index (χ0) is 9.52. The third kappa shape index (κ3) is 3.51. The van der Waals surface area contributed by atoms with Crippen molar-refractivity contribution in [2.24, 2.45) is 0 Å². The van der Waals surface area contributed by atoms with E-state index in [9.17, 15) is 0 Å². The Labute approximate surface area is 84.1 Å². The summed E-state index contributed by atoms with van der Waals surface area (Å²) in [4.78, 5) is 4.01. The van der Waals surface area contributed by atoms with Gasteiger partial charge >= 0.3 is 0 Å². The number of ether oxygens (including phenoxy) is 1. The molecule has 3 heteroatoms. The fraction of sp³-hybridized carbons (Fsp3) is 0.300.